The van der Waals surface area contributed by atoms with Crippen LogP contribution in [0.3, 0.4) is 0 Å². The topological polar surface area (TPSA) is 94.0 Å². The zero-order valence-corrected chi connectivity index (χ0v) is 16.4. The molecule has 1 fully saturated rings. The molecule has 0 aromatic carbocycles. The average Bonchev–Trinajstić information content (AvgIpc) is 3.14. The zero-order valence-electron chi connectivity index (χ0n) is 14.7. The van der Waals surface area contributed by atoms with Gasteiger partial charge in [-0.25, -0.2) is 18.1 Å². The van der Waals surface area contributed by atoms with Crippen molar-refractivity contribution in [1.29, 1.82) is 0 Å². The average molecular weight is 434 g/mol. The fourth-order valence-corrected chi connectivity index (χ4v) is 5.14. The maximum absolute atomic E-state index is 12.5. The molecule has 1 aliphatic heterocycles. The van der Waals surface area contributed by atoms with Gasteiger partial charge in [0.15, 0.2) is 9.84 Å². The summed E-state index contributed by atoms with van der Waals surface area (Å²) in [6.07, 6.45) is -3.31. The van der Waals surface area contributed by atoms with E-state index in [2.05, 4.69) is 15.4 Å². The first-order chi connectivity index (χ1) is 13.0. The lowest BCUT2D eigenvalue weighted by Gasteiger charge is -2.13. The van der Waals surface area contributed by atoms with Crippen LogP contribution in [-0.4, -0.2) is 46.3 Å². The molecule has 0 radical (unpaired) electrons. The van der Waals surface area contributed by atoms with Gasteiger partial charge in [-0.15, -0.1) is 0 Å². The minimum Gasteiger partial charge on any atom is -0.310 e. The van der Waals surface area contributed by atoms with Gasteiger partial charge in [0.25, 0.3) is 0 Å². The molecule has 3 heterocycles. The monoisotopic (exact) mass is 434 g/mol. The first-order valence-electron chi connectivity index (χ1n) is 8.26. The fourth-order valence-electron chi connectivity index (χ4n) is 2.81. The number of carbonyl (C=O) groups is 1. The highest BCUT2D eigenvalue weighted by molar-refractivity contribution is 7.99. The van der Waals surface area contributed by atoms with E-state index in [-0.39, 0.29) is 28.3 Å². The molecule has 1 N–H and O–H groups in total. The highest BCUT2D eigenvalue weighted by atomic mass is 32.2. The van der Waals surface area contributed by atoms with Crippen LogP contribution in [0.2, 0.25) is 0 Å². The molecule has 1 atom stereocenters. The number of hydrogen-bond acceptors (Lipinski definition) is 6. The number of aromatic nitrogens is 3. The molecule has 1 saturated heterocycles. The molecule has 0 saturated carbocycles. The molecule has 1 amide bonds. The van der Waals surface area contributed by atoms with Gasteiger partial charge in [0, 0.05) is 12.3 Å². The lowest BCUT2D eigenvalue weighted by atomic mass is 10.3. The highest BCUT2D eigenvalue weighted by Gasteiger charge is 2.32. The number of aryl methyl sites for hydroxylation is 1. The minimum atomic E-state index is -4.46. The number of sulfone groups is 1. The molecule has 0 aliphatic carbocycles. The summed E-state index contributed by atoms with van der Waals surface area (Å²) in [5.41, 5.74) is -0.219. The molecule has 7 nitrogen and oxygen atoms in total. The molecule has 28 heavy (non-hydrogen) atoms. The maximum atomic E-state index is 12.5. The molecular formula is C16H17F3N4O3S2. The number of amides is 1. The van der Waals surface area contributed by atoms with Gasteiger partial charge < -0.3 is 5.32 Å². The predicted molar refractivity (Wildman–Crippen MR) is 97.9 cm³/mol. The Morgan fingerprint density at radius 2 is 2.14 bits per heavy atom. The molecule has 1 aliphatic rings. The first kappa shape index (κ1) is 20.6. The third-order valence-electron chi connectivity index (χ3n) is 4.09. The van der Waals surface area contributed by atoms with E-state index in [0.29, 0.717) is 17.9 Å². The van der Waals surface area contributed by atoms with Crippen LogP contribution in [0, 0.1) is 6.92 Å². The Morgan fingerprint density at radius 1 is 1.39 bits per heavy atom. The lowest BCUT2D eigenvalue weighted by Crippen LogP contribution is -2.20. The van der Waals surface area contributed by atoms with E-state index in [1.54, 1.807) is 13.0 Å². The first-order valence-corrected chi connectivity index (χ1v) is 11.1. The third kappa shape index (κ3) is 5.04. The van der Waals surface area contributed by atoms with Crippen LogP contribution in [-0.2, 0) is 20.8 Å². The summed E-state index contributed by atoms with van der Waals surface area (Å²) in [5.74, 6) is -0.00843. The number of pyridine rings is 1. The Morgan fingerprint density at radius 3 is 2.71 bits per heavy atom. The van der Waals surface area contributed by atoms with Gasteiger partial charge in [0.05, 0.1) is 39.6 Å². The SMILES string of the molecule is Cc1cc(NC(=O)CSc2ccc(C(F)(F)F)cn2)n([C@@H]2CCS(=O)(=O)C2)n1. The summed E-state index contributed by atoms with van der Waals surface area (Å²) in [5, 5.41) is 7.24. The second-order valence-corrected chi connectivity index (χ2v) is 9.62. The van der Waals surface area contributed by atoms with Gasteiger partial charge >= 0.3 is 6.18 Å². The lowest BCUT2D eigenvalue weighted by molar-refractivity contribution is -0.137. The number of nitrogens with one attached hydrogen (secondary N) is 1. The second-order valence-electron chi connectivity index (χ2n) is 6.39. The quantitative estimate of drug-likeness (QED) is 0.728. The van der Waals surface area contributed by atoms with Crippen LogP contribution in [0.1, 0.15) is 23.7 Å². The Hall–Kier alpha value is -2.08. The molecular weight excluding hydrogens is 417 g/mol. The van der Waals surface area contributed by atoms with Gasteiger partial charge in [-0.3, -0.25) is 4.79 Å². The van der Waals surface area contributed by atoms with Crippen LogP contribution in [0.4, 0.5) is 19.0 Å². The van der Waals surface area contributed by atoms with Crippen molar-refractivity contribution in [2.75, 3.05) is 22.6 Å². The van der Waals surface area contributed by atoms with Crippen LogP contribution >= 0.6 is 11.8 Å². The molecule has 152 valence electrons. The number of rotatable bonds is 5. The van der Waals surface area contributed by atoms with Crippen molar-refractivity contribution in [2.24, 2.45) is 0 Å². The van der Waals surface area contributed by atoms with E-state index < -0.39 is 27.5 Å². The van der Waals surface area contributed by atoms with Crippen molar-refractivity contribution in [3.63, 3.8) is 0 Å². The third-order valence-corrected chi connectivity index (χ3v) is 6.79. The number of hydrogen-bond donors (Lipinski definition) is 1. The molecule has 2 aromatic rings. The molecule has 0 bridgehead atoms. The molecule has 2 aromatic heterocycles. The second kappa shape index (κ2) is 7.74. The molecule has 12 heteroatoms. The van der Waals surface area contributed by atoms with E-state index in [1.807, 2.05) is 0 Å². The zero-order chi connectivity index (χ0) is 20.5. The number of carbonyl (C=O) groups excluding carboxylic acids is 1. The highest BCUT2D eigenvalue weighted by Crippen LogP contribution is 2.30. The van der Waals surface area contributed by atoms with E-state index in [4.69, 9.17) is 0 Å². The number of alkyl halides is 3. The van der Waals surface area contributed by atoms with Crippen molar-refractivity contribution in [3.8, 4) is 0 Å². The summed E-state index contributed by atoms with van der Waals surface area (Å²) in [6.45, 7) is 1.73. The van der Waals surface area contributed by atoms with E-state index >= 15 is 0 Å². The van der Waals surface area contributed by atoms with E-state index in [9.17, 15) is 26.4 Å². The van der Waals surface area contributed by atoms with Gasteiger partial charge in [0.2, 0.25) is 5.91 Å². The van der Waals surface area contributed by atoms with Gasteiger partial charge in [-0.1, -0.05) is 11.8 Å². The minimum absolute atomic E-state index is 0.0266. The summed E-state index contributed by atoms with van der Waals surface area (Å²) in [4.78, 5) is 15.9. The number of nitrogens with zero attached hydrogens (tertiary/aromatic N) is 3. The Kier molecular flexibility index (Phi) is 5.71. The molecule has 0 spiro atoms. The Labute approximate surface area is 163 Å². The van der Waals surface area contributed by atoms with Crippen LogP contribution < -0.4 is 5.32 Å². The number of halogens is 3. The number of anilines is 1. The van der Waals surface area contributed by atoms with E-state index in [0.717, 1.165) is 24.0 Å². The van der Waals surface area contributed by atoms with Crippen LogP contribution in [0.5, 0.6) is 0 Å². The summed E-state index contributed by atoms with van der Waals surface area (Å²) in [7, 11) is -3.11. The standard InChI is InChI=1S/C16H17F3N4O3S2/c1-10-6-13(23(22-10)12-4-5-28(25,26)9-12)21-14(24)8-27-15-3-2-11(7-20-15)16(17,18)19/h2-3,6-7,12H,4-5,8-9H2,1H3,(H,21,24)/t12-/m1/s1. The van der Waals surface area contributed by atoms with Gasteiger partial charge in [0.1, 0.15) is 5.82 Å². The van der Waals surface area contributed by atoms with Crippen molar-refractivity contribution in [1.82, 2.24) is 14.8 Å². The Balaban J connectivity index is 1.61. The van der Waals surface area contributed by atoms with Crippen molar-refractivity contribution < 1.29 is 26.4 Å². The fraction of sp³-hybridized carbons (Fsp3) is 0.438. The number of thioether (sulfide) groups is 1. The largest absolute Gasteiger partial charge is 0.417 e. The maximum Gasteiger partial charge on any atom is 0.417 e. The predicted octanol–water partition coefficient (Wildman–Crippen LogP) is 2.70. The van der Waals surface area contributed by atoms with Crippen molar-refractivity contribution >= 4 is 33.3 Å². The van der Waals surface area contributed by atoms with Gasteiger partial charge in [-0.05, 0) is 25.5 Å². The van der Waals surface area contributed by atoms with Crippen LogP contribution in [0.25, 0.3) is 0 Å². The molecule has 3 rings (SSSR count). The van der Waals surface area contributed by atoms with E-state index in [1.165, 1.54) is 10.7 Å². The summed E-state index contributed by atoms with van der Waals surface area (Å²) < 4.78 is 62.5. The normalized spacial score (nSPS) is 18.9. The summed E-state index contributed by atoms with van der Waals surface area (Å²) in [6, 6.07) is 3.42. The van der Waals surface area contributed by atoms with Crippen molar-refractivity contribution in [3.05, 3.63) is 35.7 Å². The van der Waals surface area contributed by atoms with Crippen LogP contribution in [0.15, 0.2) is 29.4 Å². The van der Waals surface area contributed by atoms with Crippen molar-refractivity contribution in [2.45, 2.75) is 30.6 Å². The molecule has 0 unspecified atom stereocenters. The Bertz CT molecular complexity index is 972. The van der Waals surface area contributed by atoms with Gasteiger partial charge in [-0.2, -0.15) is 18.3 Å². The summed E-state index contributed by atoms with van der Waals surface area (Å²) >= 11 is 0.996. The smallest absolute Gasteiger partial charge is 0.310 e.